The first-order valence-corrected chi connectivity index (χ1v) is 12.4. The number of nitrogens with one attached hydrogen (secondary N) is 2. The van der Waals surface area contributed by atoms with Crippen LogP contribution < -0.4 is 10.1 Å². The highest BCUT2D eigenvalue weighted by atomic mass is 35.5. The number of ether oxygens (including phenoxy) is 2. The molecule has 1 aliphatic rings. The number of carbonyl (C=O) groups is 3. The zero-order valence-corrected chi connectivity index (χ0v) is 21.4. The minimum atomic E-state index is -0.978. The first kappa shape index (κ1) is 26.7. The highest BCUT2D eigenvalue weighted by Crippen LogP contribution is 2.30. The second kappa shape index (κ2) is 12.1. The first-order valence-electron chi connectivity index (χ1n) is 11.2. The average Bonchev–Trinajstić information content (AvgIpc) is 3.24. The van der Waals surface area contributed by atoms with E-state index in [-0.39, 0.29) is 26.0 Å². The molecule has 0 spiro atoms. The van der Waals surface area contributed by atoms with Gasteiger partial charge in [0, 0.05) is 39.2 Å². The number of piperazine rings is 1. The Kier molecular flexibility index (Phi) is 9.25. The fraction of sp³-hybridized carbons (Fsp3) is 0.417. The zero-order valence-electron chi connectivity index (χ0n) is 19.9. The lowest BCUT2D eigenvalue weighted by Crippen LogP contribution is -2.60. The molecule has 0 radical (unpaired) electrons. The van der Waals surface area contributed by atoms with Gasteiger partial charge in [0.2, 0.25) is 5.91 Å². The van der Waals surface area contributed by atoms with Crippen molar-refractivity contribution in [3.8, 4) is 5.06 Å². The number of amidine groups is 1. The summed E-state index contributed by atoms with van der Waals surface area (Å²) in [5.74, 6) is -1.10. The maximum atomic E-state index is 13.5. The van der Waals surface area contributed by atoms with Crippen molar-refractivity contribution in [2.24, 2.45) is 0 Å². The lowest BCUT2D eigenvalue weighted by molar-refractivity contribution is -0.155. The van der Waals surface area contributed by atoms with Gasteiger partial charge in [0.05, 0.1) is 23.4 Å². The fourth-order valence-electron chi connectivity index (χ4n) is 3.63. The van der Waals surface area contributed by atoms with Gasteiger partial charge in [-0.2, -0.15) is 0 Å². The smallest absolute Gasteiger partial charge is 0.307 e. The van der Waals surface area contributed by atoms with Crippen molar-refractivity contribution in [2.75, 3.05) is 33.8 Å². The summed E-state index contributed by atoms with van der Waals surface area (Å²) in [6, 6.07) is 9.82. The van der Waals surface area contributed by atoms with Crippen LogP contribution in [0.4, 0.5) is 0 Å². The van der Waals surface area contributed by atoms with Crippen molar-refractivity contribution in [1.29, 1.82) is 5.41 Å². The number of carbonyl (C=O) groups excluding carboxylic acids is 3. The highest BCUT2D eigenvalue weighted by Gasteiger charge is 2.38. The Hall–Kier alpha value is -2.95. The number of benzene rings is 1. The van der Waals surface area contributed by atoms with E-state index in [0.29, 0.717) is 21.8 Å². The molecule has 2 unspecified atom stereocenters. The quantitative estimate of drug-likeness (QED) is 0.297. The normalized spacial score (nSPS) is 16.5. The van der Waals surface area contributed by atoms with Crippen LogP contribution in [0.15, 0.2) is 36.4 Å². The molecule has 1 aliphatic heterocycles. The molecule has 2 heterocycles. The largest absolute Gasteiger partial charge is 0.471 e. The molecule has 2 atom stereocenters. The van der Waals surface area contributed by atoms with E-state index in [1.165, 1.54) is 11.3 Å². The van der Waals surface area contributed by atoms with Gasteiger partial charge in [-0.1, -0.05) is 47.2 Å². The van der Waals surface area contributed by atoms with Crippen molar-refractivity contribution < 1.29 is 23.9 Å². The third kappa shape index (κ3) is 7.03. The van der Waals surface area contributed by atoms with Gasteiger partial charge in [-0.15, -0.1) is 0 Å². The summed E-state index contributed by atoms with van der Waals surface area (Å²) < 4.78 is 11.5. The molecule has 9 nitrogen and oxygen atoms in total. The Balaban J connectivity index is 1.79. The van der Waals surface area contributed by atoms with Gasteiger partial charge in [0.15, 0.2) is 11.2 Å². The minimum absolute atomic E-state index is 0.151. The predicted octanol–water partition coefficient (Wildman–Crippen LogP) is 2.56. The lowest BCUT2D eigenvalue weighted by Gasteiger charge is -2.33. The van der Waals surface area contributed by atoms with Crippen LogP contribution in [0.1, 0.15) is 24.5 Å². The van der Waals surface area contributed by atoms with Crippen LogP contribution in [-0.4, -0.2) is 79.4 Å². The van der Waals surface area contributed by atoms with Gasteiger partial charge in [0.1, 0.15) is 5.84 Å². The van der Waals surface area contributed by atoms with Crippen molar-refractivity contribution in [2.45, 2.75) is 31.9 Å². The Morgan fingerprint density at radius 2 is 1.97 bits per heavy atom. The van der Waals surface area contributed by atoms with Crippen LogP contribution >= 0.6 is 22.9 Å². The third-order valence-electron chi connectivity index (χ3n) is 5.41. The van der Waals surface area contributed by atoms with Gasteiger partial charge in [0.25, 0.3) is 5.91 Å². The second-order valence-corrected chi connectivity index (χ2v) is 9.83. The predicted molar refractivity (Wildman–Crippen MR) is 134 cm³/mol. The van der Waals surface area contributed by atoms with E-state index in [4.69, 9.17) is 26.5 Å². The van der Waals surface area contributed by atoms with E-state index in [1.54, 1.807) is 38.1 Å². The average molecular weight is 521 g/mol. The van der Waals surface area contributed by atoms with E-state index in [0.717, 1.165) is 16.0 Å². The molecule has 188 valence electrons. The Bertz CT molecular complexity index is 1070. The second-order valence-electron chi connectivity index (χ2n) is 8.15. The summed E-state index contributed by atoms with van der Waals surface area (Å²) in [6.07, 6.45) is -0.917. The summed E-state index contributed by atoms with van der Waals surface area (Å²) in [5.41, 5.74) is 1.55. The molecule has 1 aromatic heterocycles. The van der Waals surface area contributed by atoms with Crippen LogP contribution in [0.3, 0.4) is 0 Å². The molecular weight excluding hydrogens is 492 g/mol. The number of rotatable bonds is 9. The lowest BCUT2D eigenvalue weighted by atomic mass is 10.0. The molecule has 0 saturated carbocycles. The van der Waals surface area contributed by atoms with Gasteiger partial charge in [-0.3, -0.25) is 24.7 Å². The Labute approximate surface area is 213 Å². The third-order valence-corrected chi connectivity index (χ3v) is 6.53. The molecule has 35 heavy (non-hydrogen) atoms. The van der Waals surface area contributed by atoms with E-state index in [9.17, 15) is 14.4 Å². The maximum absolute atomic E-state index is 13.5. The number of thiophene rings is 1. The topological polar surface area (TPSA) is 112 Å². The van der Waals surface area contributed by atoms with Crippen molar-refractivity contribution >= 4 is 46.6 Å². The Morgan fingerprint density at radius 1 is 1.26 bits per heavy atom. The number of halogens is 1. The standard InChI is InChI=1S/C24H29ClN4O5S/c1-4-33-20(30)14-17-23(31)29(12-11-27-17)24(32)18(34-21-10-9-19(25)35-21)13-15-5-7-16(8-6-15)22(26)28(2)3/h5-10,17-18,26-27H,4,11-14H2,1-3H3. The van der Waals surface area contributed by atoms with E-state index in [2.05, 4.69) is 5.32 Å². The number of nitrogens with zero attached hydrogens (tertiary/aromatic N) is 2. The fourth-order valence-corrected chi connectivity index (χ4v) is 4.55. The number of esters is 1. The molecule has 3 rings (SSSR count). The van der Waals surface area contributed by atoms with Crippen molar-refractivity contribution in [3.63, 3.8) is 0 Å². The number of hydrogen-bond donors (Lipinski definition) is 2. The number of imide groups is 1. The molecule has 2 amide bonds. The molecule has 11 heteroatoms. The number of amides is 2. The first-order chi connectivity index (χ1) is 16.7. The zero-order chi connectivity index (χ0) is 25.5. The maximum Gasteiger partial charge on any atom is 0.307 e. The van der Waals surface area contributed by atoms with Crippen LogP contribution in [0.2, 0.25) is 4.34 Å². The summed E-state index contributed by atoms with van der Waals surface area (Å²) >= 11 is 7.23. The molecule has 2 aromatic rings. The monoisotopic (exact) mass is 520 g/mol. The summed E-state index contributed by atoms with van der Waals surface area (Å²) in [7, 11) is 3.59. The van der Waals surface area contributed by atoms with Crippen molar-refractivity contribution in [3.05, 3.63) is 51.9 Å². The summed E-state index contributed by atoms with van der Waals surface area (Å²) in [6.45, 7) is 2.44. The summed E-state index contributed by atoms with van der Waals surface area (Å²) in [4.78, 5) is 41.3. The molecule has 0 bridgehead atoms. The molecule has 1 saturated heterocycles. The summed E-state index contributed by atoms with van der Waals surface area (Å²) in [5, 5.41) is 11.6. The molecule has 0 aliphatic carbocycles. The molecule has 1 fully saturated rings. The van der Waals surface area contributed by atoms with E-state index in [1.807, 2.05) is 24.3 Å². The molecular formula is C24H29ClN4O5S. The van der Waals surface area contributed by atoms with Gasteiger partial charge in [-0.05, 0) is 24.6 Å². The highest BCUT2D eigenvalue weighted by molar-refractivity contribution is 7.17. The molecule has 2 N–H and O–H groups in total. The van der Waals surface area contributed by atoms with Crippen LogP contribution in [-0.2, 0) is 25.5 Å². The van der Waals surface area contributed by atoms with Gasteiger partial charge >= 0.3 is 5.97 Å². The van der Waals surface area contributed by atoms with Gasteiger partial charge < -0.3 is 19.7 Å². The van der Waals surface area contributed by atoms with E-state index < -0.39 is 29.9 Å². The Morgan fingerprint density at radius 3 is 2.57 bits per heavy atom. The van der Waals surface area contributed by atoms with E-state index >= 15 is 0 Å². The van der Waals surface area contributed by atoms with Gasteiger partial charge in [-0.25, -0.2) is 0 Å². The van der Waals surface area contributed by atoms with Crippen molar-refractivity contribution in [1.82, 2.24) is 15.1 Å². The molecule has 1 aromatic carbocycles. The number of hydrogen-bond acceptors (Lipinski definition) is 8. The minimum Gasteiger partial charge on any atom is -0.471 e. The van der Waals surface area contributed by atoms with Crippen LogP contribution in [0.25, 0.3) is 0 Å². The van der Waals surface area contributed by atoms with Crippen LogP contribution in [0.5, 0.6) is 5.06 Å². The van der Waals surface area contributed by atoms with Crippen LogP contribution in [0, 0.1) is 5.41 Å². The SMILES string of the molecule is CCOC(=O)CC1NCCN(C(=O)C(Cc2ccc(C(=N)N(C)C)cc2)Oc2ccc(Cl)s2)C1=O.